The van der Waals surface area contributed by atoms with E-state index in [2.05, 4.69) is 9.47 Å². The van der Waals surface area contributed by atoms with E-state index in [9.17, 15) is 14.4 Å². The zero-order chi connectivity index (χ0) is 12.4. The molecule has 0 amide bonds. The van der Waals surface area contributed by atoms with E-state index in [0.29, 0.717) is 5.56 Å². The minimum atomic E-state index is -0.668. The summed E-state index contributed by atoms with van der Waals surface area (Å²) in [6.07, 6.45) is 2.71. The number of methoxy groups -OCH3 is 1. The number of carbonyl (C=O) groups is 3. The molecule has 0 spiro atoms. The molecular formula is C12H8O5. The van der Waals surface area contributed by atoms with Crippen LogP contribution in [0.3, 0.4) is 0 Å². The van der Waals surface area contributed by atoms with Crippen molar-refractivity contribution in [1.29, 1.82) is 0 Å². The predicted molar refractivity (Wildman–Crippen MR) is 57.2 cm³/mol. The Morgan fingerprint density at radius 3 is 2.65 bits per heavy atom. The molecule has 1 heterocycles. The summed E-state index contributed by atoms with van der Waals surface area (Å²) in [5.41, 5.74) is 1.06. The van der Waals surface area contributed by atoms with Crippen molar-refractivity contribution in [3.8, 4) is 0 Å². The number of carbonyl (C=O) groups excluding carboxylic acids is 3. The third kappa shape index (κ3) is 2.08. The maximum Gasteiger partial charge on any atom is 0.346 e. The van der Waals surface area contributed by atoms with Crippen LogP contribution in [-0.4, -0.2) is 25.0 Å². The van der Waals surface area contributed by atoms with E-state index in [1.807, 2.05) is 0 Å². The molecule has 1 aromatic carbocycles. The maximum absolute atomic E-state index is 11.3. The van der Waals surface area contributed by atoms with E-state index < -0.39 is 17.9 Å². The monoisotopic (exact) mass is 232 g/mol. The van der Waals surface area contributed by atoms with Crippen LogP contribution in [0.25, 0.3) is 6.08 Å². The summed E-state index contributed by atoms with van der Waals surface area (Å²) in [5, 5.41) is 0. The second-order valence-electron chi connectivity index (χ2n) is 3.34. The molecule has 1 aliphatic heterocycles. The zero-order valence-corrected chi connectivity index (χ0v) is 8.93. The van der Waals surface area contributed by atoms with Crippen molar-refractivity contribution in [1.82, 2.24) is 0 Å². The fraction of sp³-hybridized carbons (Fsp3) is 0.0833. The molecule has 1 aliphatic rings. The van der Waals surface area contributed by atoms with Crippen molar-refractivity contribution in [2.45, 2.75) is 0 Å². The molecule has 2 rings (SSSR count). The predicted octanol–water partition coefficient (Wildman–Crippen LogP) is 1.18. The summed E-state index contributed by atoms with van der Waals surface area (Å²) in [6, 6.07) is 4.58. The van der Waals surface area contributed by atoms with E-state index in [-0.39, 0.29) is 11.1 Å². The van der Waals surface area contributed by atoms with Crippen molar-refractivity contribution < 1.29 is 23.9 Å². The average Bonchev–Trinajstić information content (AvgIpc) is 2.62. The van der Waals surface area contributed by atoms with Gasteiger partial charge in [0.15, 0.2) is 0 Å². The van der Waals surface area contributed by atoms with Crippen LogP contribution in [-0.2, 0) is 14.3 Å². The minimum Gasteiger partial charge on any atom is -0.466 e. The smallest absolute Gasteiger partial charge is 0.346 e. The number of ether oxygens (including phenoxy) is 2. The highest BCUT2D eigenvalue weighted by Crippen LogP contribution is 2.21. The molecule has 0 atom stereocenters. The number of fused-ring (bicyclic) bond motifs is 1. The van der Waals surface area contributed by atoms with E-state index in [4.69, 9.17) is 0 Å². The van der Waals surface area contributed by atoms with Gasteiger partial charge in [-0.25, -0.2) is 14.4 Å². The molecule has 0 saturated carbocycles. The van der Waals surface area contributed by atoms with Gasteiger partial charge in [0.05, 0.1) is 18.2 Å². The molecule has 0 radical (unpaired) electrons. The van der Waals surface area contributed by atoms with Crippen LogP contribution in [0, 0.1) is 0 Å². The lowest BCUT2D eigenvalue weighted by molar-refractivity contribution is -0.134. The zero-order valence-electron chi connectivity index (χ0n) is 8.93. The minimum absolute atomic E-state index is 0.210. The largest absolute Gasteiger partial charge is 0.466 e. The van der Waals surface area contributed by atoms with E-state index in [0.717, 1.165) is 0 Å². The molecule has 0 N–H and O–H groups in total. The third-order valence-electron chi connectivity index (χ3n) is 2.28. The fourth-order valence-electron chi connectivity index (χ4n) is 1.44. The summed E-state index contributed by atoms with van der Waals surface area (Å²) in [4.78, 5) is 33.3. The average molecular weight is 232 g/mol. The first kappa shape index (κ1) is 11.1. The second kappa shape index (κ2) is 4.21. The highest BCUT2D eigenvalue weighted by molar-refractivity contribution is 6.14. The Morgan fingerprint density at radius 2 is 1.94 bits per heavy atom. The Hall–Kier alpha value is -2.43. The third-order valence-corrected chi connectivity index (χ3v) is 2.28. The molecule has 0 saturated heterocycles. The Labute approximate surface area is 96.6 Å². The van der Waals surface area contributed by atoms with Gasteiger partial charge in [-0.05, 0) is 23.8 Å². The molecule has 5 heteroatoms. The summed E-state index contributed by atoms with van der Waals surface area (Å²) in [7, 11) is 1.27. The number of cyclic esters (lactones) is 2. The lowest BCUT2D eigenvalue weighted by Crippen LogP contribution is -1.96. The van der Waals surface area contributed by atoms with Gasteiger partial charge in [-0.3, -0.25) is 0 Å². The van der Waals surface area contributed by atoms with Gasteiger partial charge in [0.2, 0.25) is 0 Å². The highest BCUT2D eigenvalue weighted by atomic mass is 16.6. The maximum atomic E-state index is 11.3. The van der Waals surface area contributed by atoms with Crippen molar-refractivity contribution >= 4 is 24.0 Å². The number of hydrogen-bond acceptors (Lipinski definition) is 5. The Morgan fingerprint density at radius 1 is 1.24 bits per heavy atom. The molecule has 17 heavy (non-hydrogen) atoms. The van der Waals surface area contributed by atoms with Crippen LogP contribution < -0.4 is 0 Å². The molecule has 0 bridgehead atoms. The van der Waals surface area contributed by atoms with E-state index >= 15 is 0 Å². The number of benzene rings is 1. The summed E-state index contributed by atoms with van der Waals surface area (Å²) < 4.78 is 8.87. The van der Waals surface area contributed by atoms with Crippen LogP contribution in [0.1, 0.15) is 26.3 Å². The summed E-state index contributed by atoms with van der Waals surface area (Å²) in [6.45, 7) is 0. The Bertz CT molecular complexity index is 542. The lowest BCUT2D eigenvalue weighted by atomic mass is 10.1. The molecule has 0 aromatic heterocycles. The number of hydrogen-bond donors (Lipinski definition) is 0. The van der Waals surface area contributed by atoms with Crippen molar-refractivity contribution in [3.63, 3.8) is 0 Å². The van der Waals surface area contributed by atoms with Gasteiger partial charge in [0.1, 0.15) is 0 Å². The van der Waals surface area contributed by atoms with E-state index in [1.165, 1.54) is 31.4 Å². The Kier molecular flexibility index (Phi) is 2.74. The number of esters is 3. The standard InChI is InChI=1S/C12H8O5/c1-16-10(13)5-3-7-2-4-8-9(6-7)12(15)17-11(8)14/h2-6H,1H3. The topological polar surface area (TPSA) is 69.7 Å². The first-order valence-corrected chi connectivity index (χ1v) is 4.78. The van der Waals surface area contributed by atoms with E-state index in [1.54, 1.807) is 6.07 Å². The van der Waals surface area contributed by atoms with Crippen LogP contribution in [0.4, 0.5) is 0 Å². The normalized spacial score (nSPS) is 13.7. The van der Waals surface area contributed by atoms with Gasteiger partial charge in [-0.15, -0.1) is 0 Å². The second-order valence-corrected chi connectivity index (χ2v) is 3.34. The summed E-state index contributed by atoms with van der Waals surface area (Å²) >= 11 is 0. The van der Waals surface area contributed by atoms with Crippen molar-refractivity contribution in [2.75, 3.05) is 7.11 Å². The summed E-state index contributed by atoms with van der Waals surface area (Å²) in [5.74, 6) is -1.81. The van der Waals surface area contributed by atoms with Gasteiger partial charge in [-0.2, -0.15) is 0 Å². The molecule has 5 nitrogen and oxygen atoms in total. The van der Waals surface area contributed by atoms with Crippen LogP contribution in [0.2, 0.25) is 0 Å². The highest BCUT2D eigenvalue weighted by Gasteiger charge is 2.29. The molecule has 0 fully saturated rings. The van der Waals surface area contributed by atoms with Crippen LogP contribution in [0.5, 0.6) is 0 Å². The van der Waals surface area contributed by atoms with Gasteiger partial charge in [0.25, 0.3) is 0 Å². The molecule has 0 unspecified atom stereocenters. The van der Waals surface area contributed by atoms with Gasteiger partial charge in [0, 0.05) is 6.08 Å². The SMILES string of the molecule is COC(=O)C=Cc1ccc2c(c1)C(=O)OC2=O. The first-order chi connectivity index (χ1) is 8.11. The molecule has 86 valence electrons. The Balaban J connectivity index is 2.32. The molecular weight excluding hydrogens is 224 g/mol. The number of rotatable bonds is 2. The van der Waals surface area contributed by atoms with Crippen LogP contribution in [0.15, 0.2) is 24.3 Å². The lowest BCUT2D eigenvalue weighted by Gasteiger charge is -1.95. The van der Waals surface area contributed by atoms with Crippen molar-refractivity contribution in [3.05, 3.63) is 41.0 Å². The van der Waals surface area contributed by atoms with Crippen molar-refractivity contribution in [2.24, 2.45) is 0 Å². The quantitative estimate of drug-likeness (QED) is 0.435. The molecule has 0 aliphatic carbocycles. The first-order valence-electron chi connectivity index (χ1n) is 4.78. The van der Waals surface area contributed by atoms with Crippen LogP contribution >= 0.6 is 0 Å². The van der Waals surface area contributed by atoms with Gasteiger partial charge in [-0.1, -0.05) is 6.07 Å². The molecule has 1 aromatic rings. The van der Waals surface area contributed by atoms with Gasteiger partial charge >= 0.3 is 17.9 Å². The van der Waals surface area contributed by atoms with Gasteiger partial charge < -0.3 is 9.47 Å². The fourth-order valence-corrected chi connectivity index (χ4v) is 1.44.